The summed E-state index contributed by atoms with van der Waals surface area (Å²) in [5.41, 5.74) is 6.91. The van der Waals surface area contributed by atoms with Crippen molar-refractivity contribution in [3.05, 3.63) is 89.4 Å². The van der Waals surface area contributed by atoms with Crippen molar-refractivity contribution < 1.29 is 9.53 Å². The van der Waals surface area contributed by atoms with Gasteiger partial charge < -0.3 is 9.64 Å². The van der Waals surface area contributed by atoms with E-state index in [4.69, 9.17) is 9.72 Å². The number of nitrogens with one attached hydrogen (secondary N) is 1. The maximum absolute atomic E-state index is 13.5. The molecule has 1 amide bonds. The van der Waals surface area contributed by atoms with Gasteiger partial charge >= 0.3 is 0 Å². The van der Waals surface area contributed by atoms with Crippen molar-refractivity contribution in [1.29, 1.82) is 0 Å². The van der Waals surface area contributed by atoms with Crippen molar-refractivity contribution >= 4 is 16.8 Å². The fourth-order valence-electron chi connectivity index (χ4n) is 4.95. The average Bonchev–Trinajstić information content (AvgIpc) is 3.45. The van der Waals surface area contributed by atoms with Crippen LogP contribution in [0.2, 0.25) is 0 Å². The van der Waals surface area contributed by atoms with Crippen LogP contribution in [0.1, 0.15) is 48.1 Å². The average molecular weight is 519 g/mol. The molecule has 0 spiro atoms. The Hall–Kier alpha value is -4.59. The number of para-hydroxylation sites is 1. The lowest BCUT2D eigenvalue weighted by Crippen LogP contribution is -2.37. The molecule has 5 aromatic rings. The predicted molar refractivity (Wildman–Crippen MR) is 150 cm³/mol. The first-order valence-electron chi connectivity index (χ1n) is 13.0. The standard InChI is InChI=1S/C31H30N6O2/c1-31(2,3)22-11-9-19(10-12-22)25-16-26(36-35-25)30(38)37-14-13-23-27(18-37)33-28(34-29(23)39-4)21-15-20-7-5-6-8-24(20)32-17-21/h5-12,15-17H,13-14,18H2,1-4H3,(H,35,36). The van der Waals surface area contributed by atoms with Crippen LogP contribution in [0.5, 0.6) is 5.88 Å². The highest BCUT2D eigenvalue weighted by Crippen LogP contribution is 2.30. The molecule has 8 heteroatoms. The van der Waals surface area contributed by atoms with Gasteiger partial charge in [-0.1, -0.05) is 63.2 Å². The lowest BCUT2D eigenvalue weighted by molar-refractivity contribution is 0.0724. The summed E-state index contributed by atoms with van der Waals surface area (Å²) < 4.78 is 5.63. The summed E-state index contributed by atoms with van der Waals surface area (Å²) in [7, 11) is 1.61. The molecular weight excluding hydrogens is 488 g/mol. The van der Waals surface area contributed by atoms with Crippen LogP contribution >= 0.6 is 0 Å². The number of nitrogens with zero attached hydrogens (tertiary/aromatic N) is 5. The number of pyridine rings is 1. The summed E-state index contributed by atoms with van der Waals surface area (Å²) in [6.45, 7) is 7.46. The minimum atomic E-state index is -0.114. The molecule has 1 N–H and O–H groups in total. The van der Waals surface area contributed by atoms with Gasteiger partial charge in [-0.05, 0) is 35.6 Å². The maximum atomic E-state index is 13.5. The van der Waals surface area contributed by atoms with E-state index in [-0.39, 0.29) is 11.3 Å². The molecule has 196 valence electrons. The van der Waals surface area contributed by atoms with E-state index >= 15 is 0 Å². The second-order valence-electron chi connectivity index (χ2n) is 10.9. The number of fused-ring (bicyclic) bond motifs is 2. The summed E-state index contributed by atoms with van der Waals surface area (Å²) in [4.78, 5) is 29.3. The predicted octanol–water partition coefficient (Wildman–Crippen LogP) is 5.59. The largest absolute Gasteiger partial charge is 0.481 e. The third kappa shape index (κ3) is 4.74. The van der Waals surface area contributed by atoms with Crippen LogP contribution in [-0.2, 0) is 18.4 Å². The Kier molecular flexibility index (Phi) is 6.10. The van der Waals surface area contributed by atoms with Gasteiger partial charge in [0.25, 0.3) is 5.91 Å². The number of hydrogen-bond donors (Lipinski definition) is 1. The molecular formula is C31H30N6O2. The number of ether oxygens (including phenoxy) is 1. The van der Waals surface area contributed by atoms with Crippen LogP contribution in [0.25, 0.3) is 33.5 Å². The number of amides is 1. The number of carbonyl (C=O) groups excluding carboxylic acids is 1. The molecule has 0 atom stereocenters. The van der Waals surface area contributed by atoms with Gasteiger partial charge in [0.2, 0.25) is 5.88 Å². The van der Waals surface area contributed by atoms with Gasteiger partial charge in [-0.3, -0.25) is 14.9 Å². The number of aromatic nitrogens is 5. The van der Waals surface area contributed by atoms with E-state index in [0.29, 0.717) is 36.9 Å². The van der Waals surface area contributed by atoms with Crippen molar-refractivity contribution in [2.24, 2.45) is 0 Å². The Bertz CT molecular complexity index is 1680. The highest BCUT2D eigenvalue weighted by molar-refractivity contribution is 5.93. The molecule has 0 fully saturated rings. The molecule has 0 aliphatic carbocycles. The Morgan fingerprint density at radius 2 is 1.79 bits per heavy atom. The van der Waals surface area contributed by atoms with Crippen molar-refractivity contribution in [3.8, 4) is 28.5 Å². The fourth-order valence-corrected chi connectivity index (χ4v) is 4.95. The van der Waals surface area contributed by atoms with E-state index in [2.05, 4.69) is 65.2 Å². The molecule has 0 saturated carbocycles. The monoisotopic (exact) mass is 518 g/mol. The molecule has 6 rings (SSSR count). The van der Waals surface area contributed by atoms with Crippen LogP contribution < -0.4 is 4.74 Å². The molecule has 0 saturated heterocycles. The number of benzene rings is 2. The van der Waals surface area contributed by atoms with E-state index in [0.717, 1.165) is 39.0 Å². The summed E-state index contributed by atoms with van der Waals surface area (Å²) in [5, 5.41) is 8.37. The summed E-state index contributed by atoms with van der Waals surface area (Å²) >= 11 is 0. The van der Waals surface area contributed by atoms with Crippen LogP contribution in [0.15, 0.2) is 66.9 Å². The van der Waals surface area contributed by atoms with Gasteiger partial charge in [0.1, 0.15) is 5.69 Å². The molecule has 4 heterocycles. The Morgan fingerprint density at radius 1 is 1.00 bits per heavy atom. The third-order valence-electron chi connectivity index (χ3n) is 7.21. The zero-order valence-electron chi connectivity index (χ0n) is 22.5. The zero-order chi connectivity index (χ0) is 27.1. The summed E-state index contributed by atoms with van der Waals surface area (Å²) in [5.74, 6) is 0.954. The van der Waals surface area contributed by atoms with Gasteiger partial charge in [-0.25, -0.2) is 4.98 Å². The first kappa shape index (κ1) is 24.7. The minimum Gasteiger partial charge on any atom is -0.481 e. The molecule has 2 aromatic carbocycles. The van der Waals surface area contributed by atoms with Crippen molar-refractivity contribution in [1.82, 2.24) is 30.0 Å². The quantitative estimate of drug-likeness (QED) is 0.333. The summed E-state index contributed by atoms with van der Waals surface area (Å²) in [6, 6.07) is 20.1. The van der Waals surface area contributed by atoms with Gasteiger partial charge in [0.05, 0.1) is 30.6 Å². The van der Waals surface area contributed by atoms with E-state index in [1.54, 1.807) is 18.2 Å². The van der Waals surface area contributed by atoms with Crippen molar-refractivity contribution in [2.45, 2.75) is 39.2 Å². The SMILES string of the molecule is COc1nc(-c2cnc3ccccc3c2)nc2c1CCN(C(=O)c1cc(-c3ccc(C(C)(C)C)cc3)n[nH]1)C2. The molecule has 1 aliphatic heterocycles. The van der Waals surface area contributed by atoms with Crippen LogP contribution in [0, 0.1) is 0 Å². The molecule has 1 aliphatic rings. The summed E-state index contributed by atoms with van der Waals surface area (Å²) in [6.07, 6.45) is 2.38. The highest BCUT2D eigenvalue weighted by atomic mass is 16.5. The fraction of sp³-hybridized carbons (Fsp3) is 0.258. The number of hydrogen-bond acceptors (Lipinski definition) is 6. The maximum Gasteiger partial charge on any atom is 0.272 e. The first-order valence-corrected chi connectivity index (χ1v) is 13.0. The molecule has 8 nitrogen and oxygen atoms in total. The third-order valence-corrected chi connectivity index (χ3v) is 7.21. The van der Waals surface area contributed by atoms with Gasteiger partial charge in [-0.2, -0.15) is 10.1 Å². The van der Waals surface area contributed by atoms with E-state index < -0.39 is 0 Å². The Balaban J connectivity index is 1.26. The van der Waals surface area contributed by atoms with Crippen LogP contribution in [-0.4, -0.2) is 49.6 Å². The number of methoxy groups -OCH3 is 1. The van der Waals surface area contributed by atoms with Gasteiger partial charge in [-0.15, -0.1) is 0 Å². The van der Waals surface area contributed by atoms with Gasteiger partial charge in [0.15, 0.2) is 5.82 Å². The second kappa shape index (κ2) is 9.62. The lowest BCUT2D eigenvalue weighted by atomic mass is 9.86. The van der Waals surface area contributed by atoms with E-state index in [1.807, 2.05) is 36.4 Å². The van der Waals surface area contributed by atoms with Crippen molar-refractivity contribution in [2.75, 3.05) is 13.7 Å². The van der Waals surface area contributed by atoms with E-state index in [1.165, 1.54) is 5.56 Å². The number of carbonyl (C=O) groups is 1. The zero-order valence-corrected chi connectivity index (χ0v) is 22.5. The Labute approximate surface area is 227 Å². The number of H-pyrrole nitrogens is 1. The molecule has 39 heavy (non-hydrogen) atoms. The normalized spacial score (nSPS) is 13.4. The number of rotatable bonds is 4. The molecule has 0 radical (unpaired) electrons. The highest BCUT2D eigenvalue weighted by Gasteiger charge is 2.28. The molecule has 0 unspecified atom stereocenters. The molecule has 0 bridgehead atoms. The van der Waals surface area contributed by atoms with Crippen LogP contribution in [0.3, 0.4) is 0 Å². The lowest BCUT2D eigenvalue weighted by Gasteiger charge is -2.28. The molecule has 3 aromatic heterocycles. The Morgan fingerprint density at radius 3 is 2.56 bits per heavy atom. The number of aromatic amines is 1. The van der Waals surface area contributed by atoms with Crippen LogP contribution in [0.4, 0.5) is 0 Å². The minimum absolute atomic E-state index is 0.0761. The van der Waals surface area contributed by atoms with Crippen molar-refractivity contribution in [3.63, 3.8) is 0 Å². The second-order valence-corrected chi connectivity index (χ2v) is 10.9. The smallest absolute Gasteiger partial charge is 0.272 e. The van der Waals surface area contributed by atoms with Gasteiger partial charge in [0, 0.05) is 34.8 Å². The first-order chi connectivity index (χ1) is 18.8. The van der Waals surface area contributed by atoms with E-state index in [9.17, 15) is 4.79 Å². The topological polar surface area (TPSA) is 96.9 Å².